The number of fused-ring (bicyclic) bond motifs is 1. The standard InChI is InChI=1S/C27H27F7O/c1-2-3-4-15-11-21(28)24(22(29)12-15)17-7-5-16(6-8-17)18-9-10-20-19(13-18)14-23(30)26(25(20)31)35-27(32,33)34/h5-9,14-15,21-22,24H,2-4,10-13H2,1H3. The van der Waals surface area contributed by atoms with Crippen molar-refractivity contribution in [3.63, 3.8) is 0 Å². The largest absolute Gasteiger partial charge is 0.573 e. The summed E-state index contributed by atoms with van der Waals surface area (Å²) in [6, 6.07) is 7.68. The monoisotopic (exact) mass is 500 g/mol. The number of allylic oxidation sites excluding steroid dienone is 2. The Bertz CT molecular complexity index is 1060. The molecule has 1 saturated carbocycles. The fourth-order valence-corrected chi connectivity index (χ4v) is 5.32. The molecule has 0 spiro atoms. The van der Waals surface area contributed by atoms with Crippen molar-refractivity contribution in [3.8, 4) is 5.75 Å². The molecule has 1 fully saturated rings. The topological polar surface area (TPSA) is 9.23 Å². The average molecular weight is 500 g/mol. The molecule has 0 aromatic heterocycles. The first-order valence-corrected chi connectivity index (χ1v) is 11.9. The maximum absolute atomic E-state index is 14.9. The van der Waals surface area contributed by atoms with Gasteiger partial charge in [-0.3, -0.25) is 0 Å². The lowest BCUT2D eigenvalue weighted by molar-refractivity contribution is -0.276. The molecule has 2 aliphatic carbocycles. The maximum Gasteiger partial charge on any atom is 0.573 e. The lowest BCUT2D eigenvalue weighted by Gasteiger charge is -2.35. The van der Waals surface area contributed by atoms with Crippen LogP contribution in [0.5, 0.6) is 5.75 Å². The van der Waals surface area contributed by atoms with Gasteiger partial charge in [0.25, 0.3) is 0 Å². The third kappa shape index (κ3) is 5.67. The average Bonchev–Trinajstić information content (AvgIpc) is 2.79. The van der Waals surface area contributed by atoms with Crippen LogP contribution in [0.15, 0.2) is 36.4 Å². The van der Waals surface area contributed by atoms with Crippen LogP contribution in [-0.4, -0.2) is 18.7 Å². The van der Waals surface area contributed by atoms with E-state index in [0.717, 1.165) is 36.5 Å². The second kappa shape index (κ2) is 10.2. The van der Waals surface area contributed by atoms with Crippen LogP contribution in [0.2, 0.25) is 0 Å². The van der Waals surface area contributed by atoms with E-state index in [0.29, 0.717) is 18.4 Å². The quantitative estimate of drug-likeness (QED) is 0.362. The summed E-state index contributed by atoms with van der Waals surface area (Å²) in [5.41, 5.74) is 2.20. The van der Waals surface area contributed by atoms with Crippen molar-refractivity contribution >= 4 is 5.57 Å². The van der Waals surface area contributed by atoms with Crippen LogP contribution in [0, 0.1) is 17.6 Å². The molecule has 0 N–H and O–H groups in total. The van der Waals surface area contributed by atoms with E-state index in [1.54, 1.807) is 30.3 Å². The molecule has 4 rings (SSSR count). The van der Waals surface area contributed by atoms with Crippen molar-refractivity contribution in [1.82, 2.24) is 0 Å². The molecular weight excluding hydrogens is 473 g/mol. The molecule has 0 bridgehead atoms. The number of unbranched alkanes of at least 4 members (excludes halogenated alkanes) is 1. The zero-order valence-corrected chi connectivity index (χ0v) is 19.3. The van der Waals surface area contributed by atoms with Crippen molar-refractivity contribution in [3.05, 3.63) is 70.3 Å². The van der Waals surface area contributed by atoms with E-state index >= 15 is 0 Å². The number of ether oxygens (including phenoxy) is 1. The van der Waals surface area contributed by atoms with Gasteiger partial charge in [-0.1, -0.05) is 56.5 Å². The van der Waals surface area contributed by atoms with Crippen molar-refractivity contribution in [2.24, 2.45) is 5.92 Å². The number of hydrogen-bond acceptors (Lipinski definition) is 1. The molecule has 1 nitrogen and oxygen atoms in total. The second-order valence-corrected chi connectivity index (χ2v) is 9.46. The third-order valence-corrected chi connectivity index (χ3v) is 7.05. The van der Waals surface area contributed by atoms with E-state index in [4.69, 9.17) is 0 Å². The number of benzene rings is 2. The summed E-state index contributed by atoms with van der Waals surface area (Å²) in [6.07, 6.45) is -2.49. The van der Waals surface area contributed by atoms with Gasteiger partial charge in [-0.05, 0) is 65.5 Å². The summed E-state index contributed by atoms with van der Waals surface area (Å²) in [4.78, 5) is 0. The smallest absolute Gasteiger partial charge is 0.399 e. The molecule has 2 aromatic rings. The molecule has 0 aliphatic heterocycles. The van der Waals surface area contributed by atoms with Gasteiger partial charge in [0, 0.05) is 5.92 Å². The van der Waals surface area contributed by atoms with Gasteiger partial charge in [-0.25, -0.2) is 17.6 Å². The lowest BCUT2D eigenvalue weighted by atomic mass is 9.74. The molecule has 0 amide bonds. The molecule has 35 heavy (non-hydrogen) atoms. The summed E-state index contributed by atoms with van der Waals surface area (Å²) in [6.45, 7) is 2.06. The highest BCUT2D eigenvalue weighted by Crippen LogP contribution is 2.42. The molecule has 0 heterocycles. The number of halogens is 7. The summed E-state index contributed by atoms with van der Waals surface area (Å²) < 4.78 is 99.5. The van der Waals surface area contributed by atoms with E-state index < -0.39 is 42.0 Å². The van der Waals surface area contributed by atoms with Crippen LogP contribution in [0.4, 0.5) is 30.7 Å². The molecule has 2 atom stereocenters. The molecule has 0 radical (unpaired) electrons. The van der Waals surface area contributed by atoms with Gasteiger partial charge in [-0.15, -0.1) is 13.2 Å². The van der Waals surface area contributed by atoms with Crippen LogP contribution >= 0.6 is 0 Å². The van der Waals surface area contributed by atoms with Gasteiger partial charge in [0.1, 0.15) is 12.3 Å². The van der Waals surface area contributed by atoms with Crippen LogP contribution in [0.3, 0.4) is 0 Å². The zero-order valence-electron chi connectivity index (χ0n) is 19.3. The SMILES string of the molecule is CCCCC1CC(F)C(c2ccc(C3=CCc4c(cc(F)c(OC(F)(F)F)c4F)C3)cc2)C(F)C1. The Morgan fingerprint density at radius 2 is 1.66 bits per heavy atom. The first-order valence-electron chi connectivity index (χ1n) is 11.9. The summed E-state index contributed by atoms with van der Waals surface area (Å²) >= 11 is 0. The van der Waals surface area contributed by atoms with Gasteiger partial charge in [0.15, 0.2) is 11.6 Å². The highest BCUT2D eigenvalue weighted by atomic mass is 19.4. The Hall–Kier alpha value is -2.51. The molecule has 0 saturated heterocycles. The van der Waals surface area contributed by atoms with Gasteiger partial charge in [0.2, 0.25) is 5.75 Å². The van der Waals surface area contributed by atoms with Crippen LogP contribution < -0.4 is 4.74 Å². The van der Waals surface area contributed by atoms with E-state index in [9.17, 15) is 30.7 Å². The highest BCUT2D eigenvalue weighted by molar-refractivity contribution is 5.71. The summed E-state index contributed by atoms with van der Waals surface area (Å²) in [5, 5.41) is 0. The fourth-order valence-electron chi connectivity index (χ4n) is 5.32. The molecular formula is C27H27F7O. The van der Waals surface area contributed by atoms with Crippen molar-refractivity contribution < 1.29 is 35.5 Å². The minimum atomic E-state index is -5.21. The molecule has 190 valence electrons. The lowest BCUT2D eigenvalue weighted by Crippen LogP contribution is -2.33. The van der Waals surface area contributed by atoms with Gasteiger partial charge < -0.3 is 4.74 Å². The Morgan fingerprint density at radius 3 is 2.26 bits per heavy atom. The minimum Gasteiger partial charge on any atom is -0.399 e. The van der Waals surface area contributed by atoms with Crippen LogP contribution in [0.25, 0.3) is 5.57 Å². The molecule has 2 aliphatic rings. The normalized spacial score (nSPS) is 24.6. The van der Waals surface area contributed by atoms with E-state index in [1.165, 1.54) is 0 Å². The Labute approximate surface area is 200 Å². The van der Waals surface area contributed by atoms with E-state index in [1.807, 2.05) is 0 Å². The molecule has 2 aromatic carbocycles. The van der Waals surface area contributed by atoms with Crippen LogP contribution in [-0.2, 0) is 12.8 Å². The van der Waals surface area contributed by atoms with Crippen molar-refractivity contribution in [1.29, 1.82) is 0 Å². The summed E-state index contributed by atoms with van der Waals surface area (Å²) in [5.74, 6) is -5.00. The first kappa shape index (κ1) is 25.6. The third-order valence-electron chi connectivity index (χ3n) is 7.05. The first-order chi connectivity index (χ1) is 16.6. The van der Waals surface area contributed by atoms with Gasteiger partial charge >= 0.3 is 6.36 Å². The molecule has 2 unspecified atom stereocenters. The highest BCUT2D eigenvalue weighted by Gasteiger charge is 2.39. The Balaban J connectivity index is 1.49. The van der Waals surface area contributed by atoms with E-state index in [-0.39, 0.29) is 29.9 Å². The zero-order chi connectivity index (χ0) is 25.3. The predicted octanol–water partition coefficient (Wildman–Crippen LogP) is 8.41. The van der Waals surface area contributed by atoms with E-state index in [2.05, 4.69) is 11.7 Å². The Morgan fingerprint density at radius 1 is 1.00 bits per heavy atom. The van der Waals surface area contributed by atoms with Gasteiger partial charge in [-0.2, -0.15) is 0 Å². The van der Waals surface area contributed by atoms with Crippen molar-refractivity contribution in [2.45, 2.75) is 76.5 Å². The number of hydrogen-bond donors (Lipinski definition) is 0. The van der Waals surface area contributed by atoms with Crippen molar-refractivity contribution in [2.75, 3.05) is 0 Å². The minimum absolute atomic E-state index is 0.0341. The number of alkyl halides is 5. The second-order valence-electron chi connectivity index (χ2n) is 9.46. The number of rotatable bonds is 6. The molecule has 8 heteroatoms. The summed E-state index contributed by atoms with van der Waals surface area (Å²) in [7, 11) is 0. The van der Waals surface area contributed by atoms with Crippen LogP contribution in [0.1, 0.15) is 67.2 Å². The van der Waals surface area contributed by atoms with Gasteiger partial charge in [0.05, 0.1) is 0 Å². The predicted molar refractivity (Wildman–Crippen MR) is 120 cm³/mol. The maximum atomic E-state index is 14.9. The Kier molecular flexibility index (Phi) is 7.48. The fraction of sp³-hybridized carbons (Fsp3) is 0.481.